The third-order valence-corrected chi connectivity index (χ3v) is 4.54. The molecule has 0 saturated carbocycles. The molecule has 0 bridgehead atoms. The Morgan fingerprint density at radius 3 is 2.88 bits per heavy atom. The summed E-state index contributed by atoms with van der Waals surface area (Å²) < 4.78 is 0. The SMILES string of the molecule is O=C(CC1CSCCN1)c1ccc(Cl)c(Cl)c1. The molecular weight excluding hydrogens is 277 g/mol. The zero-order valence-corrected chi connectivity index (χ0v) is 11.5. The number of halogens is 2. The van der Waals surface area contributed by atoms with Gasteiger partial charge in [-0.25, -0.2) is 0 Å². The minimum Gasteiger partial charge on any atom is -0.312 e. The summed E-state index contributed by atoms with van der Waals surface area (Å²) in [7, 11) is 0. The first kappa shape index (κ1) is 13.2. The van der Waals surface area contributed by atoms with Crippen LogP contribution in [0, 0.1) is 0 Å². The molecule has 0 aromatic heterocycles. The van der Waals surface area contributed by atoms with Crippen molar-refractivity contribution >= 4 is 40.7 Å². The highest BCUT2D eigenvalue weighted by Gasteiger charge is 2.18. The van der Waals surface area contributed by atoms with E-state index in [1.54, 1.807) is 18.2 Å². The maximum Gasteiger partial charge on any atom is 0.164 e. The van der Waals surface area contributed by atoms with Crippen molar-refractivity contribution in [1.29, 1.82) is 0 Å². The highest BCUT2D eigenvalue weighted by Crippen LogP contribution is 2.23. The molecule has 0 radical (unpaired) electrons. The molecule has 2 rings (SSSR count). The van der Waals surface area contributed by atoms with Crippen LogP contribution < -0.4 is 5.32 Å². The summed E-state index contributed by atoms with van der Waals surface area (Å²) in [6.07, 6.45) is 0.519. The van der Waals surface area contributed by atoms with Crippen molar-refractivity contribution < 1.29 is 4.79 Å². The minimum atomic E-state index is 0.114. The lowest BCUT2D eigenvalue weighted by Crippen LogP contribution is -2.38. The highest BCUT2D eigenvalue weighted by molar-refractivity contribution is 7.99. The van der Waals surface area contributed by atoms with E-state index in [9.17, 15) is 4.79 Å². The van der Waals surface area contributed by atoms with Gasteiger partial charge in [-0.15, -0.1) is 0 Å². The summed E-state index contributed by atoms with van der Waals surface area (Å²) in [6, 6.07) is 5.31. The Balaban J connectivity index is 2.01. The zero-order valence-electron chi connectivity index (χ0n) is 9.21. The van der Waals surface area contributed by atoms with Crippen LogP contribution in [0.3, 0.4) is 0 Å². The van der Waals surface area contributed by atoms with Crippen molar-refractivity contribution in [1.82, 2.24) is 5.32 Å². The third-order valence-electron chi connectivity index (χ3n) is 2.67. The fraction of sp³-hybridized carbons (Fsp3) is 0.417. The molecule has 1 aliphatic heterocycles. The highest BCUT2D eigenvalue weighted by atomic mass is 35.5. The number of hydrogen-bond acceptors (Lipinski definition) is 3. The van der Waals surface area contributed by atoms with Crippen molar-refractivity contribution in [3.8, 4) is 0 Å². The van der Waals surface area contributed by atoms with E-state index >= 15 is 0 Å². The Labute approximate surface area is 115 Å². The molecule has 2 nitrogen and oxygen atoms in total. The maximum absolute atomic E-state index is 12.0. The lowest BCUT2D eigenvalue weighted by molar-refractivity contribution is 0.0972. The Hall–Kier alpha value is -0.220. The second kappa shape index (κ2) is 6.10. The van der Waals surface area contributed by atoms with Crippen LogP contribution in [0.1, 0.15) is 16.8 Å². The van der Waals surface area contributed by atoms with Crippen molar-refractivity contribution in [2.24, 2.45) is 0 Å². The van der Waals surface area contributed by atoms with Crippen molar-refractivity contribution in [3.63, 3.8) is 0 Å². The fourth-order valence-electron chi connectivity index (χ4n) is 1.76. The predicted octanol–water partition coefficient (Wildman–Crippen LogP) is 3.27. The molecule has 1 aromatic carbocycles. The smallest absolute Gasteiger partial charge is 0.164 e. The second-order valence-corrected chi connectivity index (χ2v) is 5.95. The molecule has 92 valence electrons. The van der Waals surface area contributed by atoms with Gasteiger partial charge in [-0.2, -0.15) is 11.8 Å². The lowest BCUT2D eigenvalue weighted by atomic mass is 10.0. The largest absolute Gasteiger partial charge is 0.312 e. The number of carbonyl (C=O) groups is 1. The van der Waals surface area contributed by atoms with Gasteiger partial charge in [0.1, 0.15) is 0 Å². The van der Waals surface area contributed by atoms with E-state index in [1.807, 2.05) is 11.8 Å². The number of Topliss-reactive ketones (excluding diaryl/α,β-unsaturated/α-hetero) is 1. The summed E-state index contributed by atoms with van der Waals surface area (Å²) >= 11 is 13.6. The van der Waals surface area contributed by atoms with Crippen LogP contribution in [0.2, 0.25) is 10.0 Å². The summed E-state index contributed by atoms with van der Waals surface area (Å²) in [5.74, 6) is 2.23. The number of ketones is 1. The average molecular weight is 290 g/mol. The third kappa shape index (κ3) is 3.62. The van der Waals surface area contributed by atoms with E-state index in [1.165, 1.54) is 0 Å². The fourth-order valence-corrected chi connectivity index (χ4v) is 3.01. The monoisotopic (exact) mass is 289 g/mol. The van der Waals surface area contributed by atoms with Gasteiger partial charge in [0.2, 0.25) is 0 Å². The molecule has 1 aliphatic rings. The van der Waals surface area contributed by atoms with Crippen LogP contribution >= 0.6 is 35.0 Å². The van der Waals surface area contributed by atoms with Crippen LogP contribution in [-0.2, 0) is 0 Å². The van der Waals surface area contributed by atoms with Crippen LogP contribution in [0.25, 0.3) is 0 Å². The Morgan fingerprint density at radius 2 is 2.24 bits per heavy atom. The number of benzene rings is 1. The Morgan fingerprint density at radius 1 is 1.41 bits per heavy atom. The Bertz CT molecular complexity index is 419. The first-order valence-electron chi connectivity index (χ1n) is 5.46. The van der Waals surface area contributed by atoms with E-state index in [0.717, 1.165) is 18.1 Å². The van der Waals surface area contributed by atoms with Gasteiger partial charge in [0.05, 0.1) is 10.0 Å². The molecule has 1 atom stereocenters. The van der Waals surface area contributed by atoms with Crippen molar-refractivity contribution in [2.75, 3.05) is 18.1 Å². The summed E-state index contributed by atoms with van der Waals surface area (Å²) in [6.45, 7) is 0.976. The maximum atomic E-state index is 12.0. The standard InChI is InChI=1S/C12H13Cl2NOS/c13-10-2-1-8(5-11(10)14)12(16)6-9-7-17-4-3-15-9/h1-2,5,9,15H,3-4,6-7H2. The molecule has 1 aromatic rings. The average Bonchev–Trinajstić information content (AvgIpc) is 2.34. The number of rotatable bonds is 3. The topological polar surface area (TPSA) is 29.1 Å². The molecule has 1 N–H and O–H groups in total. The molecule has 1 fully saturated rings. The van der Waals surface area contributed by atoms with Crippen LogP contribution in [0.15, 0.2) is 18.2 Å². The van der Waals surface area contributed by atoms with E-state index in [2.05, 4.69) is 5.32 Å². The molecule has 0 amide bonds. The van der Waals surface area contributed by atoms with Gasteiger partial charge < -0.3 is 5.32 Å². The van der Waals surface area contributed by atoms with E-state index in [-0.39, 0.29) is 11.8 Å². The van der Waals surface area contributed by atoms with Gasteiger partial charge in [-0.1, -0.05) is 23.2 Å². The molecule has 1 heterocycles. The molecular formula is C12H13Cl2NOS. The number of hydrogen-bond donors (Lipinski definition) is 1. The zero-order chi connectivity index (χ0) is 12.3. The van der Waals surface area contributed by atoms with Gasteiger partial charge in [0.15, 0.2) is 5.78 Å². The van der Waals surface area contributed by atoms with E-state index < -0.39 is 0 Å². The number of nitrogens with one attached hydrogen (secondary N) is 1. The molecule has 5 heteroatoms. The van der Waals surface area contributed by atoms with Gasteiger partial charge in [0, 0.05) is 36.1 Å². The van der Waals surface area contributed by atoms with Gasteiger partial charge in [-0.05, 0) is 18.2 Å². The predicted molar refractivity (Wildman–Crippen MR) is 74.5 cm³/mol. The van der Waals surface area contributed by atoms with Gasteiger partial charge >= 0.3 is 0 Å². The molecule has 1 unspecified atom stereocenters. The molecule has 0 aliphatic carbocycles. The van der Waals surface area contributed by atoms with Crippen molar-refractivity contribution in [3.05, 3.63) is 33.8 Å². The number of carbonyl (C=O) groups excluding carboxylic acids is 1. The summed E-state index contributed by atoms with van der Waals surface area (Å²) in [5, 5.41) is 4.26. The lowest BCUT2D eigenvalue weighted by Gasteiger charge is -2.22. The van der Waals surface area contributed by atoms with Crippen LogP contribution in [0.4, 0.5) is 0 Å². The van der Waals surface area contributed by atoms with E-state index in [4.69, 9.17) is 23.2 Å². The van der Waals surface area contributed by atoms with Gasteiger partial charge in [0.25, 0.3) is 0 Å². The van der Waals surface area contributed by atoms with Gasteiger partial charge in [-0.3, -0.25) is 4.79 Å². The summed E-state index contributed by atoms with van der Waals surface area (Å²) in [5.41, 5.74) is 0.636. The number of thioether (sulfide) groups is 1. The van der Waals surface area contributed by atoms with Crippen LogP contribution in [0.5, 0.6) is 0 Å². The van der Waals surface area contributed by atoms with Crippen molar-refractivity contribution in [2.45, 2.75) is 12.5 Å². The molecule has 17 heavy (non-hydrogen) atoms. The normalized spacial score (nSPS) is 20.2. The molecule has 0 spiro atoms. The molecule has 1 saturated heterocycles. The quantitative estimate of drug-likeness (QED) is 0.866. The minimum absolute atomic E-state index is 0.114. The van der Waals surface area contributed by atoms with Crippen LogP contribution in [-0.4, -0.2) is 29.9 Å². The second-order valence-electron chi connectivity index (χ2n) is 3.98. The first-order chi connectivity index (χ1) is 8.16. The Kier molecular flexibility index (Phi) is 4.74. The summed E-state index contributed by atoms with van der Waals surface area (Å²) in [4.78, 5) is 12.0. The first-order valence-corrected chi connectivity index (χ1v) is 7.37. The van der Waals surface area contributed by atoms with E-state index in [0.29, 0.717) is 22.0 Å².